The van der Waals surface area contributed by atoms with Crippen LogP contribution in [0.4, 0.5) is 0 Å². The van der Waals surface area contributed by atoms with Crippen molar-refractivity contribution < 1.29 is 13.2 Å². The number of halogens is 2. The van der Waals surface area contributed by atoms with Crippen LogP contribution in [0.5, 0.6) is 5.75 Å². The van der Waals surface area contributed by atoms with Gasteiger partial charge < -0.3 is 9.64 Å². The Balaban J connectivity index is 1.80. The molecule has 0 atom stereocenters. The fourth-order valence-electron chi connectivity index (χ4n) is 2.35. The lowest BCUT2D eigenvalue weighted by atomic mass is 10.2. The largest absolute Gasteiger partial charge is 0.494 e. The molecule has 0 unspecified atom stereocenters. The number of hydrogen-bond acceptors (Lipinski definition) is 4. The average Bonchev–Trinajstić information content (AvgIpc) is 2.54. The predicted octanol–water partition coefficient (Wildman–Crippen LogP) is 4.41. The number of nitrogens with zero attached hydrogens (tertiary/aromatic N) is 1. The summed E-state index contributed by atoms with van der Waals surface area (Å²) in [6, 6.07) is 12.4. The Hall–Kier alpha value is -1.08. The second-order valence-corrected chi connectivity index (χ2v) is 9.26. The maximum Gasteiger partial charge on any atom is 0.175 e. The zero-order chi connectivity index (χ0) is 18.4. The zero-order valence-corrected chi connectivity index (χ0v) is 17.4. The van der Waals surface area contributed by atoms with E-state index in [-0.39, 0.29) is 4.90 Å². The molecule has 136 valence electrons. The SMILES string of the molecule is CN(CCCOc1cccc(S(C)(=O)=O)c1)Cc1cc(Br)ccc1Cl. The van der Waals surface area contributed by atoms with Crippen LogP contribution in [0.3, 0.4) is 0 Å². The van der Waals surface area contributed by atoms with Gasteiger partial charge in [0, 0.05) is 28.8 Å². The van der Waals surface area contributed by atoms with Gasteiger partial charge in [0.15, 0.2) is 9.84 Å². The number of hydrogen-bond donors (Lipinski definition) is 0. The lowest BCUT2D eigenvalue weighted by molar-refractivity contribution is 0.258. The highest BCUT2D eigenvalue weighted by molar-refractivity contribution is 9.10. The zero-order valence-electron chi connectivity index (χ0n) is 14.2. The first-order valence-electron chi connectivity index (χ1n) is 7.81. The van der Waals surface area contributed by atoms with Crippen molar-refractivity contribution in [3.8, 4) is 5.75 Å². The molecule has 0 aliphatic carbocycles. The van der Waals surface area contributed by atoms with E-state index in [0.29, 0.717) is 12.4 Å². The van der Waals surface area contributed by atoms with Crippen molar-refractivity contribution >= 4 is 37.4 Å². The van der Waals surface area contributed by atoms with Gasteiger partial charge in [-0.3, -0.25) is 0 Å². The van der Waals surface area contributed by atoms with Crippen LogP contribution in [0.25, 0.3) is 0 Å². The summed E-state index contributed by atoms with van der Waals surface area (Å²) in [6.45, 7) is 2.11. The van der Waals surface area contributed by atoms with E-state index in [1.54, 1.807) is 24.3 Å². The lowest BCUT2D eigenvalue weighted by Crippen LogP contribution is -2.21. The van der Waals surface area contributed by atoms with Gasteiger partial charge in [0.25, 0.3) is 0 Å². The van der Waals surface area contributed by atoms with Gasteiger partial charge in [-0.1, -0.05) is 33.6 Å². The van der Waals surface area contributed by atoms with Crippen molar-refractivity contribution in [2.45, 2.75) is 17.9 Å². The summed E-state index contributed by atoms with van der Waals surface area (Å²) in [7, 11) is -1.19. The van der Waals surface area contributed by atoms with Crippen LogP contribution in [-0.2, 0) is 16.4 Å². The molecule has 7 heteroatoms. The predicted molar refractivity (Wildman–Crippen MR) is 105 cm³/mol. The number of ether oxygens (including phenoxy) is 1. The Morgan fingerprint density at radius 2 is 1.96 bits per heavy atom. The standard InChI is InChI=1S/C18H21BrClNO3S/c1-21(13-14-11-15(19)7-8-18(14)20)9-4-10-24-16-5-3-6-17(12-16)25(2,22)23/h3,5-8,11-12H,4,9-10,13H2,1-2H3. The molecule has 0 heterocycles. The fourth-order valence-corrected chi connectivity index (χ4v) is 3.60. The summed E-state index contributed by atoms with van der Waals surface area (Å²) in [6.07, 6.45) is 2.01. The summed E-state index contributed by atoms with van der Waals surface area (Å²) in [5, 5.41) is 0.754. The van der Waals surface area contributed by atoms with Gasteiger partial charge in [-0.15, -0.1) is 0 Å². The quantitative estimate of drug-likeness (QED) is 0.564. The highest BCUT2D eigenvalue weighted by Crippen LogP contribution is 2.22. The number of rotatable bonds is 8. The van der Waals surface area contributed by atoms with Crippen molar-refractivity contribution in [2.75, 3.05) is 26.5 Å². The molecular weight excluding hydrogens is 426 g/mol. The van der Waals surface area contributed by atoms with Crippen LogP contribution < -0.4 is 4.74 Å². The minimum absolute atomic E-state index is 0.270. The van der Waals surface area contributed by atoms with Gasteiger partial charge in [-0.2, -0.15) is 0 Å². The van der Waals surface area contributed by atoms with E-state index < -0.39 is 9.84 Å². The third-order valence-electron chi connectivity index (χ3n) is 3.63. The Kier molecular flexibility index (Phi) is 7.31. The van der Waals surface area contributed by atoms with Crippen LogP contribution in [0.15, 0.2) is 51.8 Å². The minimum Gasteiger partial charge on any atom is -0.494 e. The van der Waals surface area contributed by atoms with E-state index in [9.17, 15) is 8.42 Å². The van der Waals surface area contributed by atoms with Crippen molar-refractivity contribution in [3.63, 3.8) is 0 Å². The molecule has 0 aliphatic rings. The van der Waals surface area contributed by atoms with E-state index >= 15 is 0 Å². The van der Waals surface area contributed by atoms with Crippen LogP contribution in [0.2, 0.25) is 5.02 Å². The molecular formula is C18H21BrClNO3S. The van der Waals surface area contributed by atoms with E-state index in [1.807, 2.05) is 25.2 Å². The van der Waals surface area contributed by atoms with Crippen LogP contribution in [-0.4, -0.2) is 39.8 Å². The molecule has 0 saturated carbocycles. The highest BCUT2D eigenvalue weighted by Gasteiger charge is 2.08. The fraction of sp³-hybridized carbons (Fsp3) is 0.333. The number of benzene rings is 2. The molecule has 0 amide bonds. The highest BCUT2D eigenvalue weighted by atomic mass is 79.9. The Bertz CT molecular complexity index is 827. The van der Waals surface area contributed by atoms with Gasteiger partial charge in [-0.05, 0) is 55.4 Å². The maximum absolute atomic E-state index is 11.6. The van der Waals surface area contributed by atoms with E-state index in [4.69, 9.17) is 16.3 Å². The first kappa shape index (κ1) is 20.2. The number of sulfone groups is 1. The monoisotopic (exact) mass is 445 g/mol. The first-order valence-corrected chi connectivity index (χ1v) is 10.9. The minimum atomic E-state index is -3.22. The third kappa shape index (κ3) is 6.62. The molecule has 0 aliphatic heterocycles. The van der Waals surface area contributed by atoms with E-state index in [0.717, 1.165) is 34.6 Å². The van der Waals surface area contributed by atoms with Gasteiger partial charge in [0.1, 0.15) is 5.75 Å². The Labute approximate surface area is 162 Å². The lowest BCUT2D eigenvalue weighted by Gasteiger charge is -2.18. The van der Waals surface area contributed by atoms with E-state index in [1.165, 1.54) is 6.26 Å². The molecule has 0 fully saturated rings. The first-order chi connectivity index (χ1) is 11.8. The normalized spacial score (nSPS) is 11.7. The van der Waals surface area contributed by atoms with Crippen molar-refractivity contribution in [3.05, 3.63) is 57.5 Å². The van der Waals surface area contributed by atoms with Crippen LogP contribution in [0, 0.1) is 0 Å². The molecule has 0 bridgehead atoms. The van der Waals surface area contributed by atoms with Gasteiger partial charge >= 0.3 is 0 Å². The molecule has 0 spiro atoms. The second kappa shape index (κ2) is 9.03. The van der Waals surface area contributed by atoms with Gasteiger partial charge in [0.2, 0.25) is 0 Å². The molecule has 25 heavy (non-hydrogen) atoms. The summed E-state index contributed by atoms with van der Waals surface area (Å²) in [5.74, 6) is 0.570. The molecule has 2 rings (SSSR count). The van der Waals surface area contributed by atoms with Crippen molar-refractivity contribution in [1.29, 1.82) is 0 Å². The summed E-state index contributed by atoms with van der Waals surface area (Å²) < 4.78 is 29.8. The molecule has 0 radical (unpaired) electrons. The molecule has 0 aromatic heterocycles. The second-order valence-electron chi connectivity index (χ2n) is 5.92. The van der Waals surface area contributed by atoms with E-state index in [2.05, 4.69) is 20.8 Å². The summed E-state index contributed by atoms with van der Waals surface area (Å²) in [5.41, 5.74) is 1.07. The third-order valence-corrected chi connectivity index (χ3v) is 5.61. The molecule has 4 nitrogen and oxygen atoms in total. The Morgan fingerprint density at radius 1 is 1.20 bits per heavy atom. The molecule has 0 saturated heterocycles. The van der Waals surface area contributed by atoms with Gasteiger partial charge in [-0.25, -0.2) is 8.42 Å². The van der Waals surface area contributed by atoms with Crippen molar-refractivity contribution in [1.82, 2.24) is 4.90 Å². The molecule has 2 aromatic carbocycles. The topological polar surface area (TPSA) is 46.6 Å². The maximum atomic E-state index is 11.6. The van der Waals surface area contributed by atoms with Crippen molar-refractivity contribution in [2.24, 2.45) is 0 Å². The summed E-state index contributed by atoms with van der Waals surface area (Å²) in [4.78, 5) is 2.44. The molecule has 2 aromatic rings. The summed E-state index contributed by atoms with van der Waals surface area (Å²) >= 11 is 9.67. The average molecular weight is 447 g/mol. The van der Waals surface area contributed by atoms with Crippen LogP contribution >= 0.6 is 27.5 Å². The Morgan fingerprint density at radius 3 is 2.68 bits per heavy atom. The van der Waals surface area contributed by atoms with Crippen LogP contribution in [0.1, 0.15) is 12.0 Å². The van der Waals surface area contributed by atoms with Gasteiger partial charge in [0.05, 0.1) is 11.5 Å². The molecule has 0 N–H and O–H groups in total. The smallest absolute Gasteiger partial charge is 0.175 e.